The Hall–Kier alpha value is -0.610. The SMILES string of the molecule is COCC(=O)N1C(C)CCCC1CN. The van der Waals surface area contributed by atoms with Crippen molar-refractivity contribution in [3.63, 3.8) is 0 Å². The molecule has 0 aliphatic carbocycles. The van der Waals surface area contributed by atoms with Gasteiger partial charge < -0.3 is 15.4 Å². The van der Waals surface area contributed by atoms with E-state index in [-0.39, 0.29) is 18.6 Å². The molecule has 1 saturated heterocycles. The highest BCUT2D eigenvalue weighted by Crippen LogP contribution is 2.22. The van der Waals surface area contributed by atoms with Gasteiger partial charge in [-0.05, 0) is 26.2 Å². The Morgan fingerprint density at radius 1 is 1.57 bits per heavy atom. The molecule has 2 unspecified atom stereocenters. The minimum absolute atomic E-state index is 0.0650. The van der Waals surface area contributed by atoms with Gasteiger partial charge in [0.25, 0.3) is 0 Å². The van der Waals surface area contributed by atoms with Gasteiger partial charge in [-0.25, -0.2) is 0 Å². The van der Waals surface area contributed by atoms with Crippen molar-refractivity contribution >= 4 is 5.91 Å². The molecule has 1 amide bonds. The third-order valence-electron chi connectivity index (χ3n) is 2.86. The van der Waals surface area contributed by atoms with E-state index >= 15 is 0 Å². The number of ether oxygens (including phenoxy) is 1. The van der Waals surface area contributed by atoms with Crippen LogP contribution in [-0.2, 0) is 9.53 Å². The molecule has 0 bridgehead atoms. The van der Waals surface area contributed by atoms with Crippen LogP contribution in [-0.4, -0.2) is 43.2 Å². The lowest BCUT2D eigenvalue weighted by atomic mass is 9.96. The maximum absolute atomic E-state index is 11.7. The second-order valence-electron chi connectivity index (χ2n) is 3.90. The summed E-state index contributed by atoms with van der Waals surface area (Å²) >= 11 is 0. The summed E-state index contributed by atoms with van der Waals surface area (Å²) in [6.07, 6.45) is 3.27. The molecular formula is C10H20N2O2. The molecular weight excluding hydrogens is 180 g/mol. The normalized spacial score (nSPS) is 27.8. The number of carbonyl (C=O) groups is 1. The van der Waals surface area contributed by atoms with E-state index in [1.165, 1.54) is 6.42 Å². The third-order valence-corrected chi connectivity index (χ3v) is 2.86. The Labute approximate surface area is 85.4 Å². The Kier molecular flexibility index (Phi) is 4.35. The molecule has 1 rings (SSSR count). The number of rotatable bonds is 3. The Balaban J connectivity index is 2.63. The van der Waals surface area contributed by atoms with E-state index in [9.17, 15) is 4.79 Å². The highest BCUT2D eigenvalue weighted by molar-refractivity contribution is 5.78. The largest absolute Gasteiger partial charge is 0.375 e. The lowest BCUT2D eigenvalue weighted by Gasteiger charge is -2.40. The van der Waals surface area contributed by atoms with Crippen LogP contribution in [0.25, 0.3) is 0 Å². The number of likely N-dealkylation sites (tertiary alicyclic amines) is 1. The van der Waals surface area contributed by atoms with E-state index < -0.39 is 0 Å². The van der Waals surface area contributed by atoms with E-state index in [0.717, 1.165) is 12.8 Å². The van der Waals surface area contributed by atoms with Crippen LogP contribution in [0.5, 0.6) is 0 Å². The summed E-state index contributed by atoms with van der Waals surface area (Å²) in [7, 11) is 1.55. The zero-order valence-electron chi connectivity index (χ0n) is 9.03. The quantitative estimate of drug-likeness (QED) is 0.715. The second kappa shape index (κ2) is 5.32. The number of methoxy groups -OCH3 is 1. The number of carbonyl (C=O) groups excluding carboxylic acids is 1. The molecule has 1 aliphatic rings. The fourth-order valence-corrected chi connectivity index (χ4v) is 2.17. The van der Waals surface area contributed by atoms with Gasteiger partial charge in [-0.2, -0.15) is 0 Å². The zero-order chi connectivity index (χ0) is 10.6. The second-order valence-corrected chi connectivity index (χ2v) is 3.90. The van der Waals surface area contributed by atoms with E-state index in [4.69, 9.17) is 10.5 Å². The summed E-state index contributed by atoms with van der Waals surface area (Å²) in [4.78, 5) is 13.6. The van der Waals surface area contributed by atoms with Crippen LogP contribution in [0.2, 0.25) is 0 Å². The average molecular weight is 200 g/mol. The van der Waals surface area contributed by atoms with Gasteiger partial charge in [-0.3, -0.25) is 4.79 Å². The maximum atomic E-state index is 11.7. The van der Waals surface area contributed by atoms with Gasteiger partial charge in [-0.15, -0.1) is 0 Å². The number of piperidine rings is 1. The van der Waals surface area contributed by atoms with E-state index in [1.54, 1.807) is 7.11 Å². The standard InChI is InChI=1S/C10H20N2O2/c1-8-4-3-5-9(6-11)12(8)10(13)7-14-2/h8-9H,3-7,11H2,1-2H3. The lowest BCUT2D eigenvalue weighted by Crippen LogP contribution is -2.52. The van der Waals surface area contributed by atoms with Gasteiger partial charge in [0, 0.05) is 25.7 Å². The summed E-state index contributed by atoms with van der Waals surface area (Å²) in [5, 5.41) is 0. The summed E-state index contributed by atoms with van der Waals surface area (Å²) < 4.78 is 4.87. The van der Waals surface area contributed by atoms with Crippen molar-refractivity contribution in [1.29, 1.82) is 0 Å². The first-order chi connectivity index (χ1) is 6.70. The molecule has 0 aromatic carbocycles. The molecule has 0 spiro atoms. The first kappa shape index (κ1) is 11.5. The fourth-order valence-electron chi connectivity index (χ4n) is 2.17. The van der Waals surface area contributed by atoms with E-state index in [0.29, 0.717) is 12.6 Å². The van der Waals surface area contributed by atoms with Gasteiger partial charge >= 0.3 is 0 Å². The molecule has 14 heavy (non-hydrogen) atoms. The molecule has 82 valence electrons. The number of amides is 1. The first-order valence-electron chi connectivity index (χ1n) is 5.20. The van der Waals surface area contributed by atoms with Crippen LogP contribution in [0, 0.1) is 0 Å². The van der Waals surface area contributed by atoms with Crippen molar-refractivity contribution in [1.82, 2.24) is 4.90 Å². The predicted octanol–water partition coefficient (Wildman–Crippen LogP) is 0.361. The molecule has 0 aromatic heterocycles. The number of hydrogen-bond donors (Lipinski definition) is 1. The van der Waals surface area contributed by atoms with Gasteiger partial charge in [0.05, 0.1) is 0 Å². The number of nitrogens with zero attached hydrogens (tertiary/aromatic N) is 1. The summed E-state index contributed by atoms with van der Waals surface area (Å²) in [6.45, 7) is 2.80. The van der Waals surface area contributed by atoms with Crippen molar-refractivity contribution in [2.75, 3.05) is 20.3 Å². The summed E-state index contributed by atoms with van der Waals surface area (Å²) in [5.74, 6) is 0.0650. The Bertz CT molecular complexity index is 197. The van der Waals surface area contributed by atoms with Crippen LogP contribution in [0.15, 0.2) is 0 Å². The molecule has 1 heterocycles. The van der Waals surface area contributed by atoms with Gasteiger partial charge in [-0.1, -0.05) is 0 Å². The first-order valence-corrected chi connectivity index (χ1v) is 5.20. The van der Waals surface area contributed by atoms with Gasteiger partial charge in [0.2, 0.25) is 5.91 Å². The monoisotopic (exact) mass is 200 g/mol. The van der Waals surface area contributed by atoms with Crippen molar-refractivity contribution in [2.45, 2.75) is 38.3 Å². The highest BCUT2D eigenvalue weighted by Gasteiger charge is 2.30. The molecule has 4 nitrogen and oxygen atoms in total. The number of nitrogens with two attached hydrogens (primary N) is 1. The molecule has 1 fully saturated rings. The van der Waals surface area contributed by atoms with Crippen LogP contribution in [0.1, 0.15) is 26.2 Å². The molecule has 4 heteroatoms. The Morgan fingerprint density at radius 2 is 2.29 bits per heavy atom. The molecule has 0 radical (unpaired) electrons. The molecule has 2 atom stereocenters. The lowest BCUT2D eigenvalue weighted by molar-refractivity contribution is -0.141. The molecule has 1 aliphatic heterocycles. The van der Waals surface area contributed by atoms with Gasteiger partial charge in [0.15, 0.2) is 0 Å². The maximum Gasteiger partial charge on any atom is 0.249 e. The van der Waals surface area contributed by atoms with Crippen LogP contribution in [0.3, 0.4) is 0 Å². The molecule has 0 saturated carbocycles. The molecule has 2 N–H and O–H groups in total. The van der Waals surface area contributed by atoms with Crippen LogP contribution >= 0.6 is 0 Å². The Morgan fingerprint density at radius 3 is 2.86 bits per heavy atom. The van der Waals surface area contributed by atoms with Crippen molar-refractivity contribution < 1.29 is 9.53 Å². The van der Waals surface area contributed by atoms with Crippen LogP contribution < -0.4 is 5.73 Å². The van der Waals surface area contributed by atoms with Crippen LogP contribution in [0.4, 0.5) is 0 Å². The summed E-state index contributed by atoms with van der Waals surface area (Å²) in [6, 6.07) is 0.515. The van der Waals surface area contributed by atoms with E-state index in [2.05, 4.69) is 6.92 Å². The van der Waals surface area contributed by atoms with Gasteiger partial charge in [0.1, 0.15) is 6.61 Å². The minimum Gasteiger partial charge on any atom is -0.375 e. The van der Waals surface area contributed by atoms with Crippen molar-refractivity contribution in [3.8, 4) is 0 Å². The minimum atomic E-state index is 0.0650. The zero-order valence-corrected chi connectivity index (χ0v) is 9.03. The fraction of sp³-hybridized carbons (Fsp3) is 0.900. The van der Waals surface area contributed by atoms with E-state index in [1.807, 2.05) is 4.90 Å². The van der Waals surface area contributed by atoms with Crippen molar-refractivity contribution in [2.24, 2.45) is 5.73 Å². The molecule has 0 aromatic rings. The number of hydrogen-bond acceptors (Lipinski definition) is 3. The topological polar surface area (TPSA) is 55.6 Å². The third kappa shape index (κ3) is 2.45. The average Bonchev–Trinajstić information content (AvgIpc) is 2.17. The van der Waals surface area contributed by atoms with Crippen molar-refractivity contribution in [3.05, 3.63) is 0 Å². The predicted molar refractivity (Wildman–Crippen MR) is 54.9 cm³/mol. The smallest absolute Gasteiger partial charge is 0.249 e. The summed E-state index contributed by atoms with van der Waals surface area (Å²) in [5.41, 5.74) is 5.66. The highest BCUT2D eigenvalue weighted by atomic mass is 16.5.